The molecule has 1 aliphatic rings. The molecular formula is C8H18ClN3O. The Morgan fingerprint density at radius 2 is 2.15 bits per heavy atom. The van der Waals surface area contributed by atoms with Gasteiger partial charge in [0.05, 0.1) is 0 Å². The van der Waals surface area contributed by atoms with Gasteiger partial charge < -0.3 is 15.1 Å². The van der Waals surface area contributed by atoms with Crippen LogP contribution < -0.4 is 5.32 Å². The Morgan fingerprint density at radius 3 is 2.62 bits per heavy atom. The number of halogens is 1. The Balaban J connectivity index is 0.00000144. The van der Waals surface area contributed by atoms with Crippen molar-refractivity contribution in [3.8, 4) is 0 Å². The summed E-state index contributed by atoms with van der Waals surface area (Å²) in [5, 5.41) is 3.07. The first-order chi connectivity index (χ1) is 5.75. The number of rotatable bonds is 4. The van der Waals surface area contributed by atoms with Crippen molar-refractivity contribution >= 4 is 18.4 Å². The van der Waals surface area contributed by atoms with Crippen LogP contribution in [0.5, 0.6) is 0 Å². The van der Waals surface area contributed by atoms with Crippen molar-refractivity contribution in [2.24, 2.45) is 0 Å². The van der Waals surface area contributed by atoms with E-state index in [0.29, 0.717) is 0 Å². The molecule has 78 valence electrons. The van der Waals surface area contributed by atoms with Gasteiger partial charge in [-0.05, 0) is 20.0 Å². The smallest absolute Gasteiger partial charge is 0.319 e. The van der Waals surface area contributed by atoms with Gasteiger partial charge in [-0.3, -0.25) is 0 Å². The molecule has 0 atom stereocenters. The van der Waals surface area contributed by atoms with Crippen molar-refractivity contribution in [1.82, 2.24) is 15.1 Å². The molecule has 0 saturated carbocycles. The van der Waals surface area contributed by atoms with Crippen LogP contribution in [-0.2, 0) is 0 Å². The molecule has 1 rings (SSSR count). The van der Waals surface area contributed by atoms with E-state index in [-0.39, 0.29) is 18.4 Å². The average Bonchev–Trinajstić information content (AvgIpc) is 2.36. The summed E-state index contributed by atoms with van der Waals surface area (Å²) < 4.78 is 0. The quantitative estimate of drug-likeness (QED) is 0.677. The molecule has 1 heterocycles. The molecule has 13 heavy (non-hydrogen) atoms. The molecule has 0 radical (unpaired) electrons. The van der Waals surface area contributed by atoms with Crippen LogP contribution in [0, 0.1) is 0 Å². The lowest BCUT2D eigenvalue weighted by atomic mass is 10.4. The predicted molar refractivity (Wildman–Crippen MR) is 55.4 cm³/mol. The Hall–Kier alpha value is -0.480. The second kappa shape index (κ2) is 6.05. The van der Waals surface area contributed by atoms with Crippen molar-refractivity contribution in [3.05, 3.63) is 0 Å². The summed E-state index contributed by atoms with van der Waals surface area (Å²) in [5.74, 6) is 0. The van der Waals surface area contributed by atoms with Crippen LogP contribution >= 0.6 is 12.4 Å². The van der Waals surface area contributed by atoms with E-state index in [0.717, 1.165) is 32.6 Å². The summed E-state index contributed by atoms with van der Waals surface area (Å²) in [7, 11) is 3.78. The molecular weight excluding hydrogens is 190 g/mol. The van der Waals surface area contributed by atoms with E-state index in [1.54, 1.807) is 4.90 Å². The molecule has 0 aromatic carbocycles. The van der Waals surface area contributed by atoms with Crippen LogP contribution in [0.25, 0.3) is 0 Å². The van der Waals surface area contributed by atoms with Crippen molar-refractivity contribution in [1.29, 1.82) is 0 Å². The van der Waals surface area contributed by atoms with Crippen molar-refractivity contribution in [3.63, 3.8) is 0 Å². The zero-order valence-electron chi connectivity index (χ0n) is 8.25. The summed E-state index contributed by atoms with van der Waals surface area (Å²) in [6, 6.07) is 0.172. The molecule has 0 spiro atoms. The zero-order chi connectivity index (χ0) is 8.97. The minimum atomic E-state index is 0. The Kier molecular flexibility index (Phi) is 5.82. The number of carbonyl (C=O) groups is 1. The topological polar surface area (TPSA) is 35.6 Å². The normalized spacial score (nSPS) is 16.3. The zero-order valence-corrected chi connectivity index (χ0v) is 9.06. The molecule has 0 bridgehead atoms. The molecule has 0 unspecified atom stereocenters. The number of urea groups is 1. The number of hydrogen-bond donors (Lipinski definition) is 1. The first-order valence-electron chi connectivity index (χ1n) is 4.40. The van der Waals surface area contributed by atoms with Crippen LogP contribution in [0.3, 0.4) is 0 Å². The molecule has 0 aliphatic carbocycles. The monoisotopic (exact) mass is 207 g/mol. The highest BCUT2D eigenvalue weighted by atomic mass is 35.5. The Labute approximate surface area is 85.7 Å². The second-order valence-electron chi connectivity index (χ2n) is 3.15. The van der Waals surface area contributed by atoms with Crippen LogP contribution in [0.2, 0.25) is 0 Å². The van der Waals surface area contributed by atoms with Crippen molar-refractivity contribution < 1.29 is 4.79 Å². The van der Waals surface area contributed by atoms with Gasteiger partial charge in [-0.25, -0.2) is 4.79 Å². The number of carbonyl (C=O) groups excluding carboxylic acids is 1. The molecule has 0 aromatic rings. The summed E-state index contributed by atoms with van der Waals surface area (Å²) in [6.07, 6.45) is 1.04. The lowest BCUT2D eigenvalue weighted by Gasteiger charge is -2.15. The lowest BCUT2D eigenvalue weighted by molar-refractivity contribution is 0.198. The third-order valence-corrected chi connectivity index (χ3v) is 2.16. The van der Waals surface area contributed by atoms with Crippen molar-refractivity contribution in [2.45, 2.75) is 6.42 Å². The van der Waals surface area contributed by atoms with Crippen LogP contribution in [0.4, 0.5) is 4.79 Å². The maximum absolute atomic E-state index is 11.3. The first kappa shape index (κ1) is 12.5. The minimum absolute atomic E-state index is 0. The van der Waals surface area contributed by atoms with E-state index in [1.165, 1.54) is 0 Å². The average molecular weight is 208 g/mol. The highest BCUT2D eigenvalue weighted by molar-refractivity contribution is 5.85. The number of amides is 2. The van der Waals surface area contributed by atoms with Gasteiger partial charge >= 0.3 is 6.03 Å². The molecule has 1 saturated heterocycles. The summed E-state index contributed by atoms with van der Waals surface area (Å²) in [4.78, 5) is 15.0. The molecule has 1 aliphatic heterocycles. The number of likely N-dealkylation sites (N-methyl/N-ethyl adjacent to an activating group) is 1. The molecule has 2 amide bonds. The van der Waals surface area contributed by atoms with Gasteiger partial charge in [-0.15, -0.1) is 12.4 Å². The van der Waals surface area contributed by atoms with Gasteiger partial charge in [-0.2, -0.15) is 0 Å². The van der Waals surface area contributed by atoms with Gasteiger partial charge in [-0.1, -0.05) is 0 Å². The van der Waals surface area contributed by atoms with Crippen LogP contribution in [0.15, 0.2) is 0 Å². The van der Waals surface area contributed by atoms with E-state index < -0.39 is 0 Å². The second-order valence-corrected chi connectivity index (χ2v) is 3.15. The molecule has 4 nitrogen and oxygen atoms in total. The SMILES string of the molecule is CNCCCN1CCN(C)C1=O.Cl. The van der Waals surface area contributed by atoms with Gasteiger partial charge in [0, 0.05) is 26.7 Å². The van der Waals surface area contributed by atoms with Gasteiger partial charge in [0.25, 0.3) is 0 Å². The van der Waals surface area contributed by atoms with E-state index in [2.05, 4.69) is 5.32 Å². The fourth-order valence-electron chi connectivity index (χ4n) is 1.36. The predicted octanol–water partition coefficient (Wildman–Crippen LogP) is 0.385. The molecule has 1 N–H and O–H groups in total. The van der Waals surface area contributed by atoms with E-state index >= 15 is 0 Å². The third-order valence-electron chi connectivity index (χ3n) is 2.16. The molecule has 0 aromatic heterocycles. The van der Waals surface area contributed by atoms with Crippen molar-refractivity contribution in [2.75, 3.05) is 40.3 Å². The molecule has 1 fully saturated rings. The van der Waals surface area contributed by atoms with E-state index in [9.17, 15) is 4.79 Å². The van der Waals surface area contributed by atoms with Gasteiger partial charge in [0.15, 0.2) is 0 Å². The highest BCUT2D eigenvalue weighted by Gasteiger charge is 2.23. The maximum Gasteiger partial charge on any atom is 0.319 e. The fraction of sp³-hybridized carbons (Fsp3) is 0.875. The van der Waals surface area contributed by atoms with Crippen LogP contribution in [0.1, 0.15) is 6.42 Å². The number of nitrogens with one attached hydrogen (secondary N) is 1. The maximum atomic E-state index is 11.3. The van der Waals surface area contributed by atoms with E-state index in [1.807, 2.05) is 19.0 Å². The third kappa shape index (κ3) is 3.40. The Morgan fingerprint density at radius 1 is 1.46 bits per heavy atom. The Bertz CT molecular complexity index is 165. The fourth-order valence-corrected chi connectivity index (χ4v) is 1.36. The summed E-state index contributed by atoms with van der Waals surface area (Å²) >= 11 is 0. The van der Waals surface area contributed by atoms with Gasteiger partial charge in [0.1, 0.15) is 0 Å². The minimum Gasteiger partial charge on any atom is -0.326 e. The highest BCUT2D eigenvalue weighted by Crippen LogP contribution is 2.05. The summed E-state index contributed by atoms with van der Waals surface area (Å²) in [6.45, 7) is 3.62. The first-order valence-corrected chi connectivity index (χ1v) is 4.40. The largest absolute Gasteiger partial charge is 0.326 e. The molecule has 5 heteroatoms. The van der Waals surface area contributed by atoms with Crippen LogP contribution in [-0.4, -0.2) is 56.1 Å². The van der Waals surface area contributed by atoms with E-state index in [4.69, 9.17) is 0 Å². The standard InChI is InChI=1S/C8H17N3O.ClH/c1-9-4-3-5-11-7-6-10(2)8(11)12;/h9H,3-7H2,1-2H3;1H. The number of hydrogen-bond acceptors (Lipinski definition) is 2. The summed E-state index contributed by atoms with van der Waals surface area (Å²) in [5.41, 5.74) is 0. The number of nitrogens with zero attached hydrogens (tertiary/aromatic N) is 2. The lowest BCUT2D eigenvalue weighted by Crippen LogP contribution is -2.31. The van der Waals surface area contributed by atoms with Gasteiger partial charge in [0.2, 0.25) is 0 Å².